The van der Waals surface area contributed by atoms with Crippen LogP contribution in [0.3, 0.4) is 0 Å². The fraction of sp³-hybridized carbons (Fsp3) is 0.471. The molecule has 1 N–H and O–H groups in total. The number of nitrogens with one attached hydrogen (secondary N) is 1. The number of carbonyl (C=O) groups excluding carboxylic acids is 1. The number of ether oxygens (including phenoxy) is 2. The molecule has 0 saturated heterocycles. The number of carbonyl (C=O) groups is 1. The van der Waals surface area contributed by atoms with E-state index >= 15 is 0 Å². The van der Waals surface area contributed by atoms with Gasteiger partial charge in [0, 0.05) is 49.3 Å². The van der Waals surface area contributed by atoms with Crippen LogP contribution in [0.2, 0.25) is 18.1 Å². The van der Waals surface area contributed by atoms with Gasteiger partial charge in [-0.2, -0.15) is 0 Å². The Bertz CT molecular complexity index is 1400. The van der Waals surface area contributed by atoms with Crippen LogP contribution in [0.4, 0.5) is 17.1 Å². The Labute approximate surface area is 251 Å². The Kier molecular flexibility index (Phi) is 8.67. The molecule has 2 aliphatic rings. The number of anilines is 3. The van der Waals surface area contributed by atoms with E-state index in [0.717, 1.165) is 36.4 Å². The molecule has 1 fully saturated rings. The summed E-state index contributed by atoms with van der Waals surface area (Å²) in [4.78, 5) is 18.5. The molecule has 1 aliphatic carbocycles. The molecule has 0 radical (unpaired) electrons. The fourth-order valence-electron chi connectivity index (χ4n) is 5.58. The maximum atomic E-state index is 12.1. The van der Waals surface area contributed by atoms with Crippen LogP contribution < -0.4 is 15.0 Å². The average Bonchev–Trinajstić information content (AvgIpc) is 2.96. The molecule has 2 aromatic carbocycles. The number of esters is 1. The van der Waals surface area contributed by atoms with Gasteiger partial charge in [-0.15, -0.1) is 0 Å². The molecule has 1 saturated carbocycles. The molecular weight excluding hydrogens is 542 g/mol. The van der Waals surface area contributed by atoms with Crippen LogP contribution in [0, 0.1) is 0 Å². The van der Waals surface area contributed by atoms with Crippen molar-refractivity contribution in [3.05, 3.63) is 77.6 Å². The van der Waals surface area contributed by atoms with Crippen LogP contribution in [0.1, 0.15) is 73.4 Å². The smallest absolute Gasteiger partial charge is 0.340 e. The Hall–Kier alpha value is -3.36. The van der Waals surface area contributed by atoms with Gasteiger partial charge in [0.2, 0.25) is 0 Å². The van der Waals surface area contributed by atoms with Crippen molar-refractivity contribution < 1.29 is 18.7 Å². The monoisotopic (exact) mass is 587 g/mol. The summed E-state index contributed by atoms with van der Waals surface area (Å²) in [7, 11) is 1.77. The van der Waals surface area contributed by atoms with Gasteiger partial charge in [0.05, 0.1) is 31.2 Å². The number of fused-ring (bicyclic) bond motifs is 1. The topological polar surface area (TPSA) is 72.9 Å². The van der Waals surface area contributed by atoms with E-state index in [4.69, 9.17) is 13.9 Å². The van der Waals surface area contributed by atoms with E-state index in [9.17, 15) is 4.79 Å². The summed E-state index contributed by atoms with van der Waals surface area (Å²) in [5, 5.41) is 3.66. The minimum atomic E-state index is -1.71. The SMILES string of the molecule is COC(=O)c1ccncc1NC[C@@H]1CCOc2cc(N(C)c3ccc(C4CC(O[Si](C)(C)C(C)(C)C)C4)cc3)ccc21. The highest BCUT2D eigenvalue weighted by molar-refractivity contribution is 6.74. The third-order valence-corrected chi connectivity index (χ3v) is 14.0. The molecule has 7 nitrogen and oxygen atoms in total. The molecule has 0 unspecified atom stereocenters. The lowest BCUT2D eigenvalue weighted by molar-refractivity contribution is 0.0601. The maximum Gasteiger partial charge on any atom is 0.340 e. The first-order chi connectivity index (χ1) is 20.0. The predicted octanol–water partition coefficient (Wildman–Crippen LogP) is 7.88. The van der Waals surface area contributed by atoms with Gasteiger partial charge in [0.1, 0.15) is 5.75 Å². The van der Waals surface area contributed by atoms with Crippen LogP contribution in [0.25, 0.3) is 0 Å². The Morgan fingerprint density at radius 2 is 1.81 bits per heavy atom. The van der Waals surface area contributed by atoms with Crippen molar-refractivity contribution >= 4 is 31.3 Å². The lowest BCUT2D eigenvalue weighted by Crippen LogP contribution is -2.47. The van der Waals surface area contributed by atoms with Gasteiger partial charge in [-0.1, -0.05) is 39.0 Å². The molecule has 5 rings (SSSR count). The lowest BCUT2D eigenvalue weighted by Gasteiger charge is -2.45. The molecule has 1 atom stereocenters. The van der Waals surface area contributed by atoms with Crippen molar-refractivity contribution in [1.29, 1.82) is 0 Å². The summed E-state index contributed by atoms with van der Waals surface area (Å²) >= 11 is 0. The molecule has 0 spiro atoms. The largest absolute Gasteiger partial charge is 0.493 e. The first-order valence-electron chi connectivity index (χ1n) is 15.0. The van der Waals surface area contributed by atoms with Crippen LogP contribution in [-0.4, -0.2) is 52.7 Å². The number of aromatic nitrogens is 1. The molecule has 0 bridgehead atoms. The van der Waals surface area contributed by atoms with Gasteiger partial charge in [0.25, 0.3) is 0 Å². The summed E-state index contributed by atoms with van der Waals surface area (Å²) in [5.74, 6) is 1.37. The lowest BCUT2D eigenvalue weighted by atomic mass is 9.77. The van der Waals surface area contributed by atoms with Gasteiger partial charge in [-0.25, -0.2) is 4.79 Å². The normalized spacial score (nSPS) is 20.1. The van der Waals surface area contributed by atoms with Crippen molar-refractivity contribution in [3.8, 4) is 5.75 Å². The summed E-state index contributed by atoms with van der Waals surface area (Å²) in [6, 6.07) is 17.1. The average molecular weight is 588 g/mol. The van der Waals surface area contributed by atoms with Crippen molar-refractivity contribution in [2.45, 2.75) is 76.1 Å². The highest BCUT2D eigenvalue weighted by atomic mass is 28.4. The van der Waals surface area contributed by atoms with E-state index in [1.807, 2.05) is 0 Å². The van der Waals surface area contributed by atoms with Gasteiger partial charge in [-0.3, -0.25) is 4.98 Å². The molecule has 1 aliphatic heterocycles. The Balaban J connectivity index is 1.21. The Morgan fingerprint density at radius 3 is 2.50 bits per heavy atom. The van der Waals surface area contributed by atoms with Crippen LogP contribution >= 0.6 is 0 Å². The Morgan fingerprint density at radius 1 is 1.10 bits per heavy atom. The second-order valence-corrected chi connectivity index (χ2v) is 17.9. The summed E-state index contributed by atoms with van der Waals surface area (Å²) in [6.45, 7) is 12.9. The number of methoxy groups -OCH3 is 1. The zero-order valence-electron chi connectivity index (χ0n) is 26.1. The molecule has 1 aromatic heterocycles. The molecule has 3 aromatic rings. The number of hydrogen-bond acceptors (Lipinski definition) is 7. The van der Waals surface area contributed by atoms with Crippen molar-refractivity contribution in [1.82, 2.24) is 4.98 Å². The number of pyridine rings is 1. The van der Waals surface area contributed by atoms with Crippen molar-refractivity contribution in [3.63, 3.8) is 0 Å². The second-order valence-electron chi connectivity index (χ2n) is 13.2. The summed E-state index contributed by atoms with van der Waals surface area (Å²) < 4.78 is 17.6. The predicted molar refractivity (Wildman–Crippen MR) is 172 cm³/mol. The third kappa shape index (κ3) is 6.34. The molecule has 2 heterocycles. The van der Waals surface area contributed by atoms with Gasteiger partial charge >= 0.3 is 5.97 Å². The number of hydrogen-bond donors (Lipinski definition) is 1. The quantitative estimate of drug-likeness (QED) is 0.202. The van der Waals surface area contributed by atoms with E-state index in [2.05, 4.69) is 98.6 Å². The van der Waals surface area contributed by atoms with Gasteiger partial charge < -0.3 is 24.1 Å². The highest BCUT2D eigenvalue weighted by Crippen LogP contribution is 2.45. The van der Waals surface area contributed by atoms with Crippen LogP contribution in [0.15, 0.2) is 60.9 Å². The molecule has 0 amide bonds. The fourth-order valence-corrected chi connectivity index (χ4v) is 6.96. The first kappa shape index (κ1) is 30.1. The van der Waals surface area contributed by atoms with E-state index < -0.39 is 8.32 Å². The maximum absolute atomic E-state index is 12.1. The minimum absolute atomic E-state index is 0.250. The van der Waals surface area contributed by atoms with E-state index in [-0.39, 0.29) is 16.9 Å². The zero-order valence-corrected chi connectivity index (χ0v) is 27.1. The van der Waals surface area contributed by atoms with Gasteiger partial charge in [-0.05, 0) is 78.7 Å². The van der Waals surface area contributed by atoms with Crippen molar-refractivity contribution in [2.24, 2.45) is 0 Å². The standard InChI is InChI=1S/C34H45N3O4Si/c1-34(2,3)42(6,7)41-28-18-25(19-28)23-8-10-26(11-9-23)37(4)27-12-13-29-24(15-17-40-32(29)20-27)21-36-31-22-35-16-14-30(31)33(38)39-5/h8-14,16,20,22,24-25,28,36H,15,17-19,21H2,1-7H3/t24-,25?,28?/m0/s1. The van der Waals surface area contributed by atoms with Crippen LogP contribution in [0.5, 0.6) is 5.75 Å². The van der Waals surface area contributed by atoms with Crippen molar-refractivity contribution in [2.75, 3.05) is 37.5 Å². The summed E-state index contributed by atoms with van der Waals surface area (Å²) in [5.41, 5.74) is 5.96. The number of benzene rings is 2. The summed E-state index contributed by atoms with van der Waals surface area (Å²) in [6.07, 6.45) is 6.79. The van der Waals surface area contributed by atoms with E-state index in [1.165, 1.54) is 18.2 Å². The van der Waals surface area contributed by atoms with Gasteiger partial charge in [0.15, 0.2) is 8.32 Å². The van der Waals surface area contributed by atoms with E-state index in [0.29, 0.717) is 36.4 Å². The number of rotatable bonds is 9. The molecular formula is C34H45N3O4Si. The third-order valence-electron chi connectivity index (χ3n) is 9.43. The second kappa shape index (κ2) is 12.1. The molecule has 42 heavy (non-hydrogen) atoms. The highest BCUT2D eigenvalue weighted by Gasteiger charge is 2.42. The molecule has 8 heteroatoms. The molecule has 224 valence electrons. The van der Waals surface area contributed by atoms with Crippen LogP contribution in [-0.2, 0) is 9.16 Å². The zero-order chi connectivity index (χ0) is 30.1. The minimum Gasteiger partial charge on any atom is -0.493 e. The van der Waals surface area contributed by atoms with E-state index in [1.54, 1.807) is 18.5 Å². The first-order valence-corrected chi connectivity index (χ1v) is 17.9. The number of nitrogens with zero attached hydrogens (tertiary/aromatic N) is 2.